The van der Waals surface area contributed by atoms with E-state index in [1.54, 1.807) is 22.9 Å². The summed E-state index contributed by atoms with van der Waals surface area (Å²) in [7, 11) is 0. The summed E-state index contributed by atoms with van der Waals surface area (Å²) in [4.78, 5) is 56.1. The number of anilines is 2. The number of aliphatic hydroxyl groups excluding tert-OH is 1. The molecule has 5 rings (SSSR count). The first-order valence-electron chi connectivity index (χ1n) is 17.3. The Balaban J connectivity index is 1.45. The summed E-state index contributed by atoms with van der Waals surface area (Å²) >= 11 is 6.01. The monoisotopic (exact) mass is 721 g/mol. The number of nitrogens with two attached hydrogens (primary N) is 2. The zero-order chi connectivity index (χ0) is 36.7. The van der Waals surface area contributed by atoms with Crippen molar-refractivity contribution in [2.75, 3.05) is 44.3 Å². The first-order chi connectivity index (χ1) is 24.5. The van der Waals surface area contributed by atoms with Gasteiger partial charge in [0.1, 0.15) is 18.8 Å². The first kappa shape index (κ1) is 37.2. The van der Waals surface area contributed by atoms with Crippen molar-refractivity contribution in [2.45, 2.75) is 72.2 Å². The smallest absolute Gasteiger partial charge is 0.277 e. The Labute approximate surface area is 301 Å². The summed E-state index contributed by atoms with van der Waals surface area (Å²) in [6, 6.07) is 9.15. The number of ether oxygens (including phenoxy) is 1. The number of carbonyl (C=O) groups excluding carboxylic acids is 3. The Bertz CT molecular complexity index is 1880. The number of aromatic nitrogens is 5. The number of imidazole rings is 1. The third kappa shape index (κ3) is 8.66. The molecule has 0 bridgehead atoms. The molecule has 0 spiro atoms. The maximum Gasteiger partial charge on any atom is 0.277 e. The predicted octanol–water partition coefficient (Wildman–Crippen LogP) is 2.36. The Kier molecular flexibility index (Phi) is 12.3. The van der Waals surface area contributed by atoms with Crippen LogP contribution in [-0.2, 0) is 30.8 Å². The number of amides is 3. The third-order valence-corrected chi connectivity index (χ3v) is 9.06. The molecule has 1 atom stereocenters. The molecule has 1 fully saturated rings. The predicted molar refractivity (Wildman–Crippen MR) is 192 cm³/mol. The fraction of sp³-hybridized carbons (Fsp3) is 0.457. The van der Waals surface area contributed by atoms with Crippen LogP contribution in [0.15, 0.2) is 36.5 Å². The van der Waals surface area contributed by atoms with Crippen molar-refractivity contribution < 1.29 is 28.8 Å². The van der Waals surface area contributed by atoms with E-state index in [0.717, 1.165) is 30.3 Å². The molecule has 6 N–H and O–H groups in total. The molecule has 51 heavy (non-hydrogen) atoms. The standard InChI is InChI=1S/C35H45ClN10O5/c1-4-6-9-16-51-27-19-26-25(18-24(27)35(50)44-14-12-43(13-15-44)29(48)17-23-10-7-8-11-39-23)45(5-2)28(46(26)21-22(3)47)20-40-34(49)30-32(37)42-33(38)31(36)41-30/h7-8,10-11,18-19,22,47H,4-6,9,12-17,20-21H2,1-3H3,(H4-,37,38,40,42,49)/p+1/t22-/m0/s1. The van der Waals surface area contributed by atoms with Crippen molar-refractivity contribution in [3.63, 3.8) is 0 Å². The number of aliphatic hydroxyl groups is 1. The number of aryl methyl sites for hydroxylation is 1. The quantitative estimate of drug-likeness (QED) is 0.111. The highest BCUT2D eigenvalue weighted by Crippen LogP contribution is 2.29. The molecule has 4 heterocycles. The number of pyridine rings is 1. The summed E-state index contributed by atoms with van der Waals surface area (Å²) in [5.74, 6) is 0.0198. The van der Waals surface area contributed by atoms with Crippen molar-refractivity contribution >= 4 is 52.0 Å². The summed E-state index contributed by atoms with van der Waals surface area (Å²) in [5, 5.41) is 13.3. The van der Waals surface area contributed by atoms with Gasteiger partial charge in [-0.2, -0.15) is 0 Å². The third-order valence-electron chi connectivity index (χ3n) is 8.79. The lowest BCUT2D eigenvalue weighted by Gasteiger charge is -2.35. The van der Waals surface area contributed by atoms with Gasteiger partial charge in [0.15, 0.2) is 33.5 Å². The molecule has 3 aromatic heterocycles. The molecule has 15 nitrogen and oxygen atoms in total. The SMILES string of the molecule is CCCCCOc1cc2c(cc1C(=O)N1CCN(C(=O)Cc3ccccn3)CC1)[n+](CC)c(CNC(=O)c1nc(Cl)c(N)nc1N)n2C[C@H](C)O. The highest BCUT2D eigenvalue weighted by Gasteiger charge is 2.32. The number of nitrogen functional groups attached to an aromatic ring is 2. The first-order valence-corrected chi connectivity index (χ1v) is 17.6. The number of nitrogens with zero attached hydrogens (tertiary/aromatic N) is 7. The molecule has 1 aliphatic rings. The van der Waals surface area contributed by atoms with Crippen LogP contribution in [0.4, 0.5) is 11.6 Å². The second-order valence-electron chi connectivity index (χ2n) is 12.5. The fourth-order valence-corrected chi connectivity index (χ4v) is 6.32. The van der Waals surface area contributed by atoms with Crippen molar-refractivity contribution in [1.29, 1.82) is 0 Å². The van der Waals surface area contributed by atoms with Crippen LogP contribution in [0.5, 0.6) is 5.75 Å². The number of halogens is 1. The van der Waals surface area contributed by atoms with E-state index in [2.05, 4.69) is 27.2 Å². The van der Waals surface area contributed by atoms with E-state index < -0.39 is 12.0 Å². The number of fused-ring (bicyclic) bond motifs is 1. The van der Waals surface area contributed by atoms with Gasteiger partial charge in [-0.25, -0.2) is 19.1 Å². The van der Waals surface area contributed by atoms with E-state index in [4.69, 9.17) is 27.8 Å². The van der Waals surface area contributed by atoms with Gasteiger partial charge in [0.05, 0.1) is 31.2 Å². The lowest BCUT2D eigenvalue weighted by atomic mass is 10.1. The van der Waals surface area contributed by atoms with Crippen molar-refractivity contribution in [3.05, 3.63) is 64.5 Å². The number of carbonyl (C=O) groups is 3. The summed E-state index contributed by atoms with van der Waals surface area (Å²) < 4.78 is 10.2. The Morgan fingerprint density at radius 3 is 2.47 bits per heavy atom. The Hall–Kier alpha value is -5.02. The van der Waals surface area contributed by atoms with Gasteiger partial charge in [-0.1, -0.05) is 37.4 Å². The van der Waals surface area contributed by atoms with Gasteiger partial charge in [-0.15, -0.1) is 0 Å². The number of rotatable bonds is 14. The average Bonchev–Trinajstić information content (AvgIpc) is 3.40. The lowest BCUT2D eigenvalue weighted by molar-refractivity contribution is -0.676. The molecular weight excluding hydrogens is 676 g/mol. The summed E-state index contributed by atoms with van der Waals surface area (Å²) in [6.45, 7) is 8.46. The maximum atomic E-state index is 14.2. The number of piperazine rings is 1. The van der Waals surface area contributed by atoms with Crippen LogP contribution in [-0.4, -0.2) is 91.0 Å². The van der Waals surface area contributed by atoms with Gasteiger partial charge in [0.2, 0.25) is 5.91 Å². The van der Waals surface area contributed by atoms with Crippen LogP contribution < -0.4 is 26.1 Å². The second kappa shape index (κ2) is 16.8. The normalized spacial score (nSPS) is 13.7. The largest absolute Gasteiger partial charge is 0.493 e. The minimum absolute atomic E-state index is 0.0283. The van der Waals surface area contributed by atoms with Gasteiger partial charge >= 0.3 is 0 Å². The van der Waals surface area contributed by atoms with E-state index in [9.17, 15) is 19.5 Å². The topological polar surface area (TPSA) is 199 Å². The van der Waals surface area contributed by atoms with Crippen LogP contribution in [0.25, 0.3) is 11.0 Å². The molecule has 0 radical (unpaired) electrons. The number of unbranched alkanes of at least 4 members (excludes halogenated alkanes) is 2. The van der Waals surface area contributed by atoms with Crippen molar-refractivity contribution in [3.8, 4) is 5.75 Å². The van der Waals surface area contributed by atoms with E-state index in [0.29, 0.717) is 62.2 Å². The zero-order valence-corrected chi connectivity index (χ0v) is 30.0. The fourth-order valence-electron chi connectivity index (χ4n) is 6.20. The lowest BCUT2D eigenvalue weighted by Crippen LogP contribution is -2.51. The molecule has 1 aliphatic heterocycles. The van der Waals surface area contributed by atoms with E-state index >= 15 is 0 Å². The molecule has 0 saturated carbocycles. The number of benzene rings is 1. The van der Waals surface area contributed by atoms with Gasteiger partial charge in [-0.05, 0) is 32.4 Å². The number of hydrogen-bond donors (Lipinski definition) is 4. The Morgan fingerprint density at radius 1 is 1.06 bits per heavy atom. The van der Waals surface area contributed by atoms with Crippen molar-refractivity contribution in [2.24, 2.45) is 0 Å². The van der Waals surface area contributed by atoms with Gasteiger partial charge in [0, 0.05) is 50.2 Å². The molecule has 16 heteroatoms. The molecule has 4 aromatic rings. The van der Waals surface area contributed by atoms with Crippen LogP contribution in [0.2, 0.25) is 5.15 Å². The zero-order valence-electron chi connectivity index (χ0n) is 29.3. The number of hydrogen-bond acceptors (Lipinski definition) is 10. The van der Waals surface area contributed by atoms with E-state index in [-0.39, 0.29) is 53.8 Å². The maximum absolute atomic E-state index is 14.2. The summed E-state index contributed by atoms with van der Waals surface area (Å²) in [5.41, 5.74) is 14.0. The van der Waals surface area contributed by atoms with Crippen LogP contribution in [0, 0.1) is 0 Å². The second-order valence-corrected chi connectivity index (χ2v) is 12.9. The molecule has 0 aliphatic carbocycles. The van der Waals surface area contributed by atoms with Gasteiger partial charge in [-0.3, -0.25) is 19.4 Å². The van der Waals surface area contributed by atoms with E-state index in [1.807, 2.05) is 46.4 Å². The summed E-state index contributed by atoms with van der Waals surface area (Å²) in [6.07, 6.45) is 3.96. The van der Waals surface area contributed by atoms with Crippen molar-refractivity contribution in [1.82, 2.24) is 34.6 Å². The average molecular weight is 722 g/mol. The van der Waals surface area contributed by atoms with Gasteiger partial charge < -0.3 is 36.4 Å². The highest BCUT2D eigenvalue weighted by molar-refractivity contribution is 6.31. The molecule has 1 saturated heterocycles. The highest BCUT2D eigenvalue weighted by atomic mass is 35.5. The molecule has 1 aromatic carbocycles. The van der Waals surface area contributed by atoms with Gasteiger partial charge in [0.25, 0.3) is 17.6 Å². The molecule has 3 amide bonds. The minimum atomic E-state index is -0.732. The van der Waals surface area contributed by atoms with E-state index in [1.165, 1.54) is 0 Å². The minimum Gasteiger partial charge on any atom is -0.493 e. The van der Waals surface area contributed by atoms with Crippen LogP contribution in [0.3, 0.4) is 0 Å². The Morgan fingerprint density at radius 2 is 1.80 bits per heavy atom. The van der Waals surface area contributed by atoms with Crippen LogP contribution in [0.1, 0.15) is 72.4 Å². The molecule has 0 unspecified atom stereocenters. The molecular formula is C35H46ClN10O5+. The number of nitrogens with one attached hydrogen (secondary N) is 1. The van der Waals surface area contributed by atoms with Crippen LogP contribution >= 0.6 is 11.6 Å². The molecule has 272 valence electrons.